The summed E-state index contributed by atoms with van der Waals surface area (Å²) in [6.45, 7) is 2.08. The van der Waals surface area contributed by atoms with Crippen molar-refractivity contribution < 1.29 is 24.2 Å². The Morgan fingerprint density at radius 1 is 1.27 bits per heavy atom. The number of carboxylic acids is 1. The molecule has 7 nitrogen and oxygen atoms in total. The number of primary amides is 1. The number of rotatable bonds is 8. The number of nitrogens with two attached hydrogens (primary N) is 1. The molecule has 0 heterocycles. The van der Waals surface area contributed by atoms with Crippen LogP contribution in [0.1, 0.15) is 21.5 Å². The first-order valence-corrected chi connectivity index (χ1v) is 8.46. The number of methoxy groups -OCH3 is 1. The maximum atomic E-state index is 11.1. The zero-order chi connectivity index (χ0) is 19.3. The van der Waals surface area contributed by atoms with Gasteiger partial charge in [0.15, 0.2) is 18.1 Å². The Morgan fingerprint density at radius 2 is 2.00 bits per heavy atom. The molecule has 8 heteroatoms. The molecule has 0 fully saturated rings. The minimum atomic E-state index is -0.978. The first kappa shape index (κ1) is 19.6. The maximum absolute atomic E-state index is 11.1. The number of benzene rings is 2. The second-order valence-corrected chi connectivity index (χ2v) is 6.41. The maximum Gasteiger partial charge on any atom is 0.335 e. The molecule has 2 rings (SSSR count). The number of amides is 1. The van der Waals surface area contributed by atoms with Gasteiger partial charge in [-0.15, -0.1) is 0 Å². The normalized spacial score (nSPS) is 10.3. The standard InChI is InChI=1S/C18H19BrN2O5/c1-10-3-4-12(18(23)24)7-14(10)21-8-11-5-13(19)17(15(6-11)25-2)26-9-16(20)22/h3-7,21H,8-9H2,1-2H3,(H2,20,22)(H,23,24). The van der Waals surface area contributed by atoms with Crippen LogP contribution in [-0.4, -0.2) is 30.7 Å². The Balaban J connectivity index is 2.20. The van der Waals surface area contributed by atoms with Crippen LogP contribution < -0.4 is 20.5 Å². The van der Waals surface area contributed by atoms with Crippen molar-refractivity contribution in [1.29, 1.82) is 0 Å². The summed E-state index contributed by atoms with van der Waals surface area (Å²) in [5.74, 6) is -0.723. The predicted octanol–water partition coefficient (Wildman–Crippen LogP) is 2.94. The van der Waals surface area contributed by atoms with Crippen LogP contribution in [0.3, 0.4) is 0 Å². The van der Waals surface area contributed by atoms with E-state index in [9.17, 15) is 9.59 Å². The number of hydrogen-bond donors (Lipinski definition) is 3. The molecular formula is C18H19BrN2O5. The average Bonchev–Trinajstić information content (AvgIpc) is 2.59. The molecule has 0 radical (unpaired) electrons. The summed E-state index contributed by atoms with van der Waals surface area (Å²) in [7, 11) is 1.50. The first-order chi connectivity index (χ1) is 12.3. The summed E-state index contributed by atoms with van der Waals surface area (Å²) in [5, 5.41) is 12.3. The quantitative estimate of drug-likeness (QED) is 0.602. The van der Waals surface area contributed by atoms with Gasteiger partial charge in [-0.05, 0) is 58.2 Å². The minimum absolute atomic E-state index is 0.215. The van der Waals surface area contributed by atoms with Gasteiger partial charge in [0, 0.05) is 12.2 Å². The van der Waals surface area contributed by atoms with Crippen LogP contribution in [-0.2, 0) is 11.3 Å². The molecule has 2 aromatic carbocycles. The molecule has 4 N–H and O–H groups in total. The molecule has 0 saturated carbocycles. The Hall–Kier alpha value is -2.74. The fourth-order valence-electron chi connectivity index (χ4n) is 2.30. The lowest BCUT2D eigenvalue weighted by molar-refractivity contribution is -0.119. The van der Waals surface area contributed by atoms with Gasteiger partial charge in [-0.25, -0.2) is 4.79 Å². The number of carbonyl (C=O) groups excluding carboxylic acids is 1. The molecule has 0 atom stereocenters. The zero-order valence-corrected chi connectivity index (χ0v) is 15.9. The van der Waals surface area contributed by atoms with Gasteiger partial charge < -0.3 is 25.6 Å². The van der Waals surface area contributed by atoms with E-state index in [0.717, 1.165) is 16.8 Å². The van der Waals surface area contributed by atoms with Crippen LogP contribution in [0.5, 0.6) is 11.5 Å². The molecule has 2 aromatic rings. The Morgan fingerprint density at radius 3 is 2.62 bits per heavy atom. The fraction of sp³-hybridized carbons (Fsp3) is 0.222. The highest BCUT2D eigenvalue weighted by molar-refractivity contribution is 9.10. The number of aromatic carboxylic acids is 1. The van der Waals surface area contributed by atoms with Gasteiger partial charge >= 0.3 is 5.97 Å². The topological polar surface area (TPSA) is 111 Å². The molecule has 0 aliphatic heterocycles. The van der Waals surface area contributed by atoms with Crippen molar-refractivity contribution in [3.63, 3.8) is 0 Å². The number of carboxylic acid groups (broad SMARTS) is 1. The van der Waals surface area contributed by atoms with Crippen molar-refractivity contribution in [2.75, 3.05) is 19.0 Å². The van der Waals surface area contributed by atoms with Crippen molar-refractivity contribution in [3.8, 4) is 11.5 Å². The highest BCUT2D eigenvalue weighted by atomic mass is 79.9. The molecule has 0 saturated heterocycles. The summed E-state index contributed by atoms with van der Waals surface area (Å²) in [5.41, 5.74) is 7.85. The lowest BCUT2D eigenvalue weighted by Gasteiger charge is -2.15. The van der Waals surface area contributed by atoms with Gasteiger partial charge in [0.1, 0.15) is 0 Å². The van der Waals surface area contributed by atoms with E-state index in [1.807, 2.05) is 13.0 Å². The molecule has 0 spiro atoms. The van der Waals surface area contributed by atoms with Gasteiger partial charge in [-0.2, -0.15) is 0 Å². The van der Waals surface area contributed by atoms with Crippen LogP contribution in [0.15, 0.2) is 34.8 Å². The van der Waals surface area contributed by atoms with Gasteiger partial charge in [0.05, 0.1) is 17.1 Å². The van der Waals surface area contributed by atoms with E-state index in [1.165, 1.54) is 7.11 Å². The van der Waals surface area contributed by atoms with Crippen LogP contribution in [0, 0.1) is 6.92 Å². The zero-order valence-electron chi connectivity index (χ0n) is 14.3. The lowest BCUT2D eigenvalue weighted by Crippen LogP contribution is -2.20. The predicted molar refractivity (Wildman–Crippen MR) is 101 cm³/mol. The lowest BCUT2D eigenvalue weighted by atomic mass is 10.1. The van der Waals surface area contributed by atoms with E-state index >= 15 is 0 Å². The van der Waals surface area contributed by atoms with Crippen molar-refractivity contribution in [3.05, 3.63) is 51.5 Å². The highest BCUT2D eigenvalue weighted by Crippen LogP contribution is 2.37. The molecule has 0 unspecified atom stereocenters. The van der Waals surface area contributed by atoms with Crippen molar-refractivity contribution >= 4 is 33.5 Å². The van der Waals surface area contributed by atoms with Crippen LogP contribution in [0.4, 0.5) is 5.69 Å². The van der Waals surface area contributed by atoms with E-state index < -0.39 is 11.9 Å². The third-order valence-electron chi connectivity index (χ3n) is 3.62. The molecule has 0 aromatic heterocycles. The number of nitrogens with one attached hydrogen (secondary N) is 1. The summed E-state index contributed by atoms with van der Waals surface area (Å²) in [6, 6.07) is 8.50. The van der Waals surface area contributed by atoms with E-state index in [4.69, 9.17) is 20.3 Å². The summed E-state index contributed by atoms with van der Waals surface area (Å²) >= 11 is 3.40. The van der Waals surface area contributed by atoms with Gasteiger partial charge in [-0.3, -0.25) is 4.79 Å². The third-order valence-corrected chi connectivity index (χ3v) is 4.20. The number of ether oxygens (including phenoxy) is 2. The first-order valence-electron chi connectivity index (χ1n) is 7.67. The Labute approximate surface area is 159 Å². The average molecular weight is 423 g/mol. The van der Waals surface area contributed by atoms with Crippen molar-refractivity contribution in [1.82, 2.24) is 0 Å². The number of anilines is 1. The Bertz CT molecular complexity index is 839. The Kier molecular flexibility index (Phi) is 6.46. The largest absolute Gasteiger partial charge is 0.493 e. The monoisotopic (exact) mass is 422 g/mol. The summed E-state index contributed by atoms with van der Waals surface area (Å²) < 4.78 is 11.3. The summed E-state index contributed by atoms with van der Waals surface area (Å²) in [4.78, 5) is 22.0. The van der Waals surface area contributed by atoms with Crippen LogP contribution >= 0.6 is 15.9 Å². The number of hydrogen-bond acceptors (Lipinski definition) is 5. The summed E-state index contributed by atoms with van der Waals surface area (Å²) in [6.07, 6.45) is 0. The van der Waals surface area contributed by atoms with E-state index in [1.54, 1.807) is 24.3 Å². The third kappa shape index (κ3) is 4.89. The minimum Gasteiger partial charge on any atom is -0.493 e. The second kappa shape index (κ2) is 8.57. The van der Waals surface area contributed by atoms with Crippen molar-refractivity contribution in [2.45, 2.75) is 13.5 Å². The molecule has 26 heavy (non-hydrogen) atoms. The second-order valence-electron chi connectivity index (χ2n) is 5.55. The van der Waals surface area contributed by atoms with Crippen LogP contribution in [0.2, 0.25) is 0 Å². The van der Waals surface area contributed by atoms with Gasteiger partial charge in [0.25, 0.3) is 5.91 Å². The SMILES string of the molecule is COc1cc(CNc2cc(C(=O)O)ccc2C)cc(Br)c1OCC(N)=O. The van der Waals surface area contributed by atoms with Crippen molar-refractivity contribution in [2.24, 2.45) is 5.73 Å². The molecule has 0 aliphatic rings. The number of halogens is 1. The molecule has 1 amide bonds. The van der Waals surface area contributed by atoms with E-state index in [0.29, 0.717) is 22.5 Å². The van der Waals surface area contributed by atoms with Gasteiger partial charge in [-0.1, -0.05) is 6.07 Å². The molecule has 138 valence electrons. The number of aryl methyl sites for hydroxylation is 1. The van der Waals surface area contributed by atoms with E-state index in [-0.39, 0.29) is 12.2 Å². The van der Waals surface area contributed by atoms with Crippen LogP contribution in [0.25, 0.3) is 0 Å². The van der Waals surface area contributed by atoms with E-state index in [2.05, 4.69) is 21.2 Å². The molecule has 0 bridgehead atoms. The highest BCUT2D eigenvalue weighted by Gasteiger charge is 2.13. The fourth-order valence-corrected chi connectivity index (χ4v) is 2.91. The number of carbonyl (C=O) groups is 2. The molecular weight excluding hydrogens is 404 g/mol. The smallest absolute Gasteiger partial charge is 0.335 e. The van der Waals surface area contributed by atoms with Gasteiger partial charge in [0.2, 0.25) is 0 Å². The molecule has 0 aliphatic carbocycles.